The van der Waals surface area contributed by atoms with Crippen LogP contribution in [-0.4, -0.2) is 41.5 Å². The van der Waals surface area contributed by atoms with Crippen LogP contribution in [0.15, 0.2) is 55.5 Å². The van der Waals surface area contributed by atoms with Crippen LogP contribution in [0.3, 0.4) is 0 Å². The molecule has 0 spiro atoms. The normalized spacial score (nSPS) is 12.0. The first-order valence-electron chi connectivity index (χ1n) is 10.9. The van der Waals surface area contributed by atoms with Gasteiger partial charge in [0.25, 0.3) is 0 Å². The summed E-state index contributed by atoms with van der Waals surface area (Å²) in [4.78, 5) is 39.5. The van der Waals surface area contributed by atoms with E-state index in [4.69, 9.17) is 5.73 Å². The van der Waals surface area contributed by atoms with Crippen LogP contribution >= 0.6 is 0 Å². The van der Waals surface area contributed by atoms with Gasteiger partial charge >= 0.3 is 0 Å². The fourth-order valence-corrected chi connectivity index (χ4v) is 3.72. The van der Waals surface area contributed by atoms with Crippen molar-refractivity contribution >= 4 is 22.6 Å². The first-order valence-corrected chi connectivity index (χ1v) is 10.9. The Morgan fingerprint density at radius 1 is 1.09 bits per heavy atom. The van der Waals surface area contributed by atoms with Gasteiger partial charge in [-0.05, 0) is 30.4 Å². The van der Waals surface area contributed by atoms with Gasteiger partial charge in [-0.2, -0.15) is 5.10 Å². The third-order valence-electron chi connectivity index (χ3n) is 5.40. The third-order valence-corrected chi connectivity index (χ3v) is 5.40. The van der Waals surface area contributed by atoms with E-state index in [2.05, 4.69) is 36.4 Å². The minimum atomic E-state index is -0.300. The highest BCUT2D eigenvalue weighted by molar-refractivity contribution is 5.86. The van der Waals surface area contributed by atoms with E-state index in [-0.39, 0.29) is 24.4 Å². The summed E-state index contributed by atoms with van der Waals surface area (Å²) in [6.07, 6.45) is 11.7. The van der Waals surface area contributed by atoms with Gasteiger partial charge in [0.05, 0.1) is 17.9 Å². The summed E-state index contributed by atoms with van der Waals surface area (Å²) in [5, 5.41) is 9.18. The second-order valence-electron chi connectivity index (χ2n) is 7.90. The van der Waals surface area contributed by atoms with Gasteiger partial charge in [-0.15, -0.1) is 0 Å². The van der Waals surface area contributed by atoms with Gasteiger partial charge in [0.1, 0.15) is 25.0 Å². The van der Waals surface area contributed by atoms with Crippen molar-refractivity contribution in [2.75, 3.05) is 0 Å². The zero-order valence-electron chi connectivity index (χ0n) is 18.1. The minimum Gasteiger partial charge on any atom is -0.370 e. The predicted molar refractivity (Wildman–Crippen MR) is 123 cm³/mol. The summed E-state index contributed by atoms with van der Waals surface area (Å²) in [7, 11) is 0. The lowest BCUT2D eigenvalue weighted by Gasteiger charge is -2.17. The van der Waals surface area contributed by atoms with Crippen LogP contribution in [0, 0.1) is 0 Å². The van der Waals surface area contributed by atoms with Gasteiger partial charge in [0, 0.05) is 29.8 Å². The second kappa shape index (κ2) is 10.5. The Kier molecular flexibility index (Phi) is 7.03. The average Bonchev–Trinajstić information content (AvgIpc) is 3.50. The van der Waals surface area contributed by atoms with E-state index in [1.165, 1.54) is 17.3 Å². The van der Waals surface area contributed by atoms with Crippen LogP contribution in [0.4, 0.5) is 0 Å². The van der Waals surface area contributed by atoms with Crippen molar-refractivity contribution in [2.45, 2.75) is 44.7 Å². The summed E-state index contributed by atoms with van der Waals surface area (Å²) >= 11 is 0. The summed E-state index contributed by atoms with van der Waals surface area (Å²) in [6.45, 7) is 0.0728. The lowest BCUT2D eigenvalue weighted by Crippen LogP contribution is -2.32. The summed E-state index contributed by atoms with van der Waals surface area (Å²) in [5.41, 5.74) is 7.07. The van der Waals surface area contributed by atoms with E-state index in [1.54, 1.807) is 12.4 Å². The molecule has 0 radical (unpaired) electrons. The highest BCUT2D eigenvalue weighted by atomic mass is 16.2. The van der Waals surface area contributed by atoms with Crippen molar-refractivity contribution < 1.29 is 9.59 Å². The molecule has 3 aromatic heterocycles. The summed E-state index contributed by atoms with van der Waals surface area (Å²) in [5.74, 6) is 0.199. The largest absolute Gasteiger partial charge is 0.370 e. The Balaban J connectivity index is 1.48. The van der Waals surface area contributed by atoms with Crippen LogP contribution in [0.2, 0.25) is 0 Å². The average molecular weight is 447 g/mol. The second-order valence-corrected chi connectivity index (χ2v) is 7.90. The van der Waals surface area contributed by atoms with Crippen molar-refractivity contribution in [2.24, 2.45) is 5.73 Å². The number of benzene rings is 1. The zero-order valence-corrected chi connectivity index (χ0v) is 18.1. The third kappa shape index (κ3) is 6.00. The molecule has 4 aromatic rings. The molecule has 0 saturated carbocycles. The molecule has 3 heterocycles. The summed E-state index contributed by atoms with van der Waals surface area (Å²) in [6, 6.07) is 7.80. The number of amides is 2. The molecule has 170 valence electrons. The number of hydrogen-bond donors (Lipinski definition) is 3. The Morgan fingerprint density at radius 3 is 2.82 bits per heavy atom. The molecule has 10 nitrogen and oxygen atoms in total. The number of rotatable bonds is 11. The van der Waals surface area contributed by atoms with Gasteiger partial charge in [0.2, 0.25) is 11.8 Å². The van der Waals surface area contributed by atoms with Crippen molar-refractivity contribution in [3.05, 3.63) is 61.3 Å². The van der Waals surface area contributed by atoms with E-state index in [9.17, 15) is 9.59 Å². The molecule has 2 amide bonds. The smallest absolute Gasteiger partial charge is 0.242 e. The van der Waals surface area contributed by atoms with E-state index >= 15 is 0 Å². The highest BCUT2D eigenvalue weighted by Crippen LogP contribution is 2.25. The number of aromatic nitrogens is 6. The Morgan fingerprint density at radius 2 is 2.00 bits per heavy atom. The summed E-state index contributed by atoms with van der Waals surface area (Å²) < 4.78 is 1.47. The molecule has 0 saturated heterocycles. The van der Waals surface area contributed by atoms with Crippen LogP contribution in [0.25, 0.3) is 22.0 Å². The number of primary amides is 1. The number of carbonyl (C=O) groups excluding carboxylic acids is 2. The first kappa shape index (κ1) is 22.1. The number of nitrogens with zero attached hydrogens (tertiary/aromatic N) is 5. The van der Waals surface area contributed by atoms with Crippen molar-refractivity contribution in [1.82, 2.24) is 35.0 Å². The number of aromatic amines is 1. The molecule has 1 atom stereocenters. The molecule has 0 aliphatic rings. The Labute approximate surface area is 190 Å². The maximum atomic E-state index is 12.6. The SMILES string of the molecule is NC(=O)CCCCC[C@H](NC(=O)Cn1cncn1)c1ncc(-c2ccc3ccncc3c2)[nH]1. The molecule has 33 heavy (non-hydrogen) atoms. The van der Waals surface area contributed by atoms with E-state index in [0.717, 1.165) is 41.3 Å². The van der Waals surface area contributed by atoms with E-state index in [1.807, 2.05) is 24.4 Å². The molecule has 0 fully saturated rings. The number of nitrogens with two attached hydrogens (primary N) is 1. The fraction of sp³-hybridized carbons (Fsp3) is 0.304. The number of nitrogens with one attached hydrogen (secondary N) is 2. The van der Waals surface area contributed by atoms with Gasteiger partial charge in [-0.3, -0.25) is 14.6 Å². The predicted octanol–water partition coefficient (Wildman–Crippen LogP) is 2.51. The number of imidazole rings is 1. The van der Waals surface area contributed by atoms with Gasteiger partial charge < -0.3 is 16.0 Å². The molecule has 0 aliphatic heterocycles. The number of pyridine rings is 1. The number of carbonyl (C=O) groups is 2. The van der Waals surface area contributed by atoms with Gasteiger partial charge in [-0.25, -0.2) is 14.6 Å². The van der Waals surface area contributed by atoms with Gasteiger partial charge in [-0.1, -0.05) is 25.0 Å². The topological polar surface area (TPSA) is 144 Å². The number of fused-ring (bicyclic) bond motifs is 1. The monoisotopic (exact) mass is 446 g/mol. The number of unbranched alkanes of at least 4 members (excludes halogenated alkanes) is 2. The molecular formula is C23H26N8O2. The van der Waals surface area contributed by atoms with E-state index in [0.29, 0.717) is 18.7 Å². The molecule has 0 aliphatic carbocycles. The minimum absolute atomic E-state index is 0.0728. The molecule has 0 bridgehead atoms. The molecule has 10 heteroatoms. The maximum Gasteiger partial charge on any atom is 0.242 e. The van der Waals surface area contributed by atoms with Crippen molar-refractivity contribution in [3.63, 3.8) is 0 Å². The molecule has 4 rings (SSSR count). The molecule has 4 N–H and O–H groups in total. The lowest BCUT2D eigenvalue weighted by molar-refractivity contribution is -0.122. The van der Waals surface area contributed by atoms with Gasteiger partial charge in [0.15, 0.2) is 0 Å². The number of hydrogen-bond acceptors (Lipinski definition) is 6. The number of H-pyrrole nitrogens is 1. The van der Waals surface area contributed by atoms with E-state index < -0.39 is 0 Å². The fourth-order valence-electron chi connectivity index (χ4n) is 3.72. The molecule has 1 aromatic carbocycles. The van der Waals surface area contributed by atoms with Crippen LogP contribution < -0.4 is 11.1 Å². The first-order chi connectivity index (χ1) is 16.1. The Hall–Kier alpha value is -4.08. The van der Waals surface area contributed by atoms with Crippen molar-refractivity contribution in [3.8, 4) is 11.3 Å². The van der Waals surface area contributed by atoms with Crippen molar-refractivity contribution in [1.29, 1.82) is 0 Å². The quantitative estimate of drug-likeness (QED) is 0.302. The van der Waals surface area contributed by atoms with Crippen LogP contribution in [-0.2, 0) is 16.1 Å². The zero-order chi connectivity index (χ0) is 23.0. The maximum absolute atomic E-state index is 12.6. The molecular weight excluding hydrogens is 420 g/mol. The standard InChI is InChI=1S/C23H26N8O2/c24-21(32)5-3-1-2-4-19(29-22(33)13-31-15-26-14-28-31)23-27-12-20(30-23)17-7-6-16-8-9-25-11-18(16)10-17/h6-12,14-15,19H,1-5,13H2,(H2,24,32)(H,27,30)(H,29,33)/t19-/m0/s1. The van der Waals surface area contributed by atoms with Crippen LogP contribution in [0.5, 0.6) is 0 Å². The lowest BCUT2D eigenvalue weighted by atomic mass is 10.1. The highest BCUT2D eigenvalue weighted by Gasteiger charge is 2.19. The van der Waals surface area contributed by atoms with Crippen LogP contribution in [0.1, 0.15) is 44.0 Å². The Bertz CT molecular complexity index is 1220. The molecule has 0 unspecified atom stereocenters.